The fourth-order valence-corrected chi connectivity index (χ4v) is 9.99. The molecule has 27 heavy (non-hydrogen) atoms. The monoisotopic (exact) mass is 379 g/mol. The molecule has 2 aromatic rings. The Balaban J connectivity index is 1.54. The number of ether oxygens (including phenoxy) is 1. The van der Waals surface area contributed by atoms with Gasteiger partial charge in [0.05, 0.1) is 11.8 Å². The van der Waals surface area contributed by atoms with E-state index in [0.717, 1.165) is 28.4 Å². The second-order valence-electron chi connectivity index (χ2n) is 8.07. The van der Waals surface area contributed by atoms with Crippen molar-refractivity contribution >= 4 is 41.1 Å². The normalized spacial score (nSPS) is 34.4. The number of hydrogen-bond donors (Lipinski definition) is 1. The maximum absolute atomic E-state index is 14.8. The van der Waals surface area contributed by atoms with Crippen molar-refractivity contribution in [3.63, 3.8) is 0 Å². The Morgan fingerprint density at radius 1 is 0.852 bits per heavy atom. The Labute approximate surface area is 156 Å². The molecule has 6 heteroatoms. The third-order valence-corrected chi connectivity index (χ3v) is 10.7. The molecule has 2 saturated carbocycles. The van der Waals surface area contributed by atoms with Gasteiger partial charge in [-0.25, -0.2) is 0 Å². The first kappa shape index (κ1) is 15.6. The maximum atomic E-state index is 14.8. The molecule has 136 valence electrons. The van der Waals surface area contributed by atoms with Crippen molar-refractivity contribution in [1.82, 2.24) is 0 Å². The van der Waals surface area contributed by atoms with E-state index in [0.29, 0.717) is 6.42 Å². The zero-order valence-electron chi connectivity index (χ0n) is 14.5. The van der Waals surface area contributed by atoms with Crippen LogP contribution < -0.4 is 15.9 Å². The quantitative estimate of drug-likeness (QED) is 0.469. The summed E-state index contributed by atoms with van der Waals surface area (Å²) in [7, 11) is -2.96. The molecule has 2 aromatic carbocycles. The minimum atomic E-state index is -2.96. The highest BCUT2D eigenvalue weighted by Crippen LogP contribution is 2.68. The van der Waals surface area contributed by atoms with Crippen LogP contribution in [-0.2, 0) is 18.9 Å². The maximum Gasteiger partial charge on any atom is 0.317 e. The number of benzene rings is 2. The van der Waals surface area contributed by atoms with Gasteiger partial charge >= 0.3 is 11.9 Å². The average Bonchev–Trinajstić information content (AvgIpc) is 3.35. The number of esters is 2. The van der Waals surface area contributed by atoms with E-state index in [2.05, 4.69) is 5.32 Å². The lowest BCUT2D eigenvalue weighted by molar-refractivity contribution is -0.154. The predicted molar refractivity (Wildman–Crippen MR) is 101 cm³/mol. The van der Waals surface area contributed by atoms with Gasteiger partial charge in [0.2, 0.25) is 0 Å². The van der Waals surface area contributed by atoms with E-state index in [1.165, 1.54) is 0 Å². The number of rotatable bonds is 1. The number of nitrogens with one attached hydrogen (secondary N) is 1. The van der Waals surface area contributed by atoms with Crippen LogP contribution in [0.25, 0.3) is 0 Å². The third kappa shape index (κ3) is 1.83. The number of fused-ring (bicyclic) bond motifs is 7. The van der Waals surface area contributed by atoms with Crippen LogP contribution in [0.15, 0.2) is 48.5 Å². The van der Waals surface area contributed by atoms with E-state index in [1.807, 2.05) is 48.5 Å². The predicted octanol–water partition coefficient (Wildman–Crippen LogP) is 2.78. The first-order chi connectivity index (χ1) is 13.1. The van der Waals surface area contributed by atoms with Gasteiger partial charge in [0.1, 0.15) is 0 Å². The lowest BCUT2D eigenvalue weighted by atomic mass is 9.81. The van der Waals surface area contributed by atoms with Crippen LogP contribution in [0.2, 0.25) is 0 Å². The molecule has 3 fully saturated rings. The summed E-state index contributed by atoms with van der Waals surface area (Å²) in [5.74, 6) is -1.47. The lowest BCUT2D eigenvalue weighted by Crippen LogP contribution is -2.40. The molecular weight excluding hydrogens is 361 g/mol. The van der Waals surface area contributed by atoms with Crippen molar-refractivity contribution in [3.05, 3.63) is 48.5 Å². The van der Waals surface area contributed by atoms with Crippen molar-refractivity contribution in [3.8, 4) is 0 Å². The van der Waals surface area contributed by atoms with Crippen LogP contribution in [0.3, 0.4) is 0 Å². The highest BCUT2D eigenvalue weighted by atomic mass is 31.2. The van der Waals surface area contributed by atoms with E-state index >= 15 is 0 Å². The first-order valence-corrected chi connectivity index (χ1v) is 11.2. The van der Waals surface area contributed by atoms with Gasteiger partial charge < -0.3 is 14.6 Å². The summed E-state index contributed by atoms with van der Waals surface area (Å²) in [5, 5.41) is 5.09. The molecule has 5 nitrogen and oxygen atoms in total. The van der Waals surface area contributed by atoms with Gasteiger partial charge in [0.25, 0.3) is 0 Å². The van der Waals surface area contributed by atoms with Crippen molar-refractivity contribution in [1.29, 1.82) is 0 Å². The molecule has 0 aromatic heterocycles. The Bertz CT molecular complexity index is 1010. The van der Waals surface area contributed by atoms with Gasteiger partial charge in [0, 0.05) is 27.6 Å². The molecule has 0 amide bonds. The van der Waals surface area contributed by atoms with Crippen LogP contribution in [0, 0.1) is 23.7 Å². The molecule has 2 bridgehead atoms. The van der Waals surface area contributed by atoms with Crippen LogP contribution in [0.4, 0.5) is 11.4 Å². The summed E-state index contributed by atoms with van der Waals surface area (Å²) in [4.78, 5) is 24.4. The van der Waals surface area contributed by atoms with E-state index in [1.54, 1.807) is 0 Å². The zero-order valence-corrected chi connectivity index (χ0v) is 15.4. The number of carbonyl (C=O) groups is 2. The largest absolute Gasteiger partial charge is 0.393 e. The molecular formula is C21H18NO4P. The van der Waals surface area contributed by atoms with Gasteiger partial charge in [0.15, 0.2) is 7.14 Å². The Kier molecular flexibility index (Phi) is 2.96. The fraction of sp³-hybridized carbons (Fsp3) is 0.333. The summed E-state index contributed by atoms with van der Waals surface area (Å²) in [6, 6.07) is 15.5. The molecule has 2 heterocycles. The average molecular weight is 379 g/mol. The lowest BCUT2D eigenvalue weighted by Gasteiger charge is -2.38. The van der Waals surface area contributed by atoms with E-state index in [9.17, 15) is 14.2 Å². The van der Waals surface area contributed by atoms with Crippen molar-refractivity contribution in [2.75, 3.05) is 5.32 Å². The molecule has 0 spiro atoms. The van der Waals surface area contributed by atoms with Crippen molar-refractivity contribution in [2.45, 2.75) is 18.5 Å². The number of para-hydroxylation sites is 2. The van der Waals surface area contributed by atoms with E-state index < -0.39 is 19.0 Å². The highest BCUT2D eigenvalue weighted by molar-refractivity contribution is 7.80. The Morgan fingerprint density at radius 3 is 2.11 bits per heavy atom. The molecule has 4 aliphatic rings. The fourth-order valence-electron chi connectivity index (χ4n) is 6.01. The van der Waals surface area contributed by atoms with Crippen molar-refractivity contribution in [2.24, 2.45) is 23.7 Å². The molecule has 6 rings (SSSR count). The molecule has 2 aliphatic heterocycles. The van der Waals surface area contributed by atoms with Crippen LogP contribution in [0.5, 0.6) is 0 Å². The number of hydrogen-bond acceptors (Lipinski definition) is 5. The molecule has 5 unspecified atom stereocenters. The summed E-state index contributed by atoms with van der Waals surface area (Å²) < 4.78 is 19.7. The first-order valence-electron chi connectivity index (χ1n) is 9.40. The van der Waals surface area contributed by atoms with Crippen LogP contribution in [0.1, 0.15) is 12.8 Å². The minimum Gasteiger partial charge on any atom is -0.393 e. The van der Waals surface area contributed by atoms with Gasteiger partial charge in [-0.2, -0.15) is 0 Å². The van der Waals surface area contributed by atoms with Crippen molar-refractivity contribution < 1.29 is 18.9 Å². The standard InChI is InChI=1S/C21H18NO4P/c23-20-18-11-9-12(19(18)21(24)26-20)17(10-11)27(25)15-7-3-1-5-13(15)22-14-6-2-4-8-16(14)27/h1-8,11-12,17-19,22H,9-10H2. The second-order valence-corrected chi connectivity index (χ2v) is 11.0. The van der Waals surface area contributed by atoms with Crippen LogP contribution >= 0.6 is 7.14 Å². The Hall–Kier alpha value is -2.39. The smallest absolute Gasteiger partial charge is 0.317 e. The van der Waals surface area contributed by atoms with Gasteiger partial charge in [-0.1, -0.05) is 24.3 Å². The molecule has 1 saturated heterocycles. The Morgan fingerprint density at radius 2 is 1.44 bits per heavy atom. The minimum absolute atomic E-state index is 0.0519. The zero-order chi connectivity index (χ0) is 18.3. The number of anilines is 2. The summed E-state index contributed by atoms with van der Waals surface area (Å²) in [5.41, 5.74) is 1.64. The summed E-state index contributed by atoms with van der Waals surface area (Å²) in [6.45, 7) is 0. The van der Waals surface area contributed by atoms with E-state index in [4.69, 9.17) is 4.74 Å². The van der Waals surface area contributed by atoms with E-state index in [-0.39, 0.29) is 29.4 Å². The topological polar surface area (TPSA) is 72.5 Å². The number of cyclic esters (lactones) is 2. The van der Waals surface area contributed by atoms with Crippen LogP contribution in [-0.4, -0.2) is 17.6 Å². The van der Waals surface area contributed by atoms with Gasteiger partial charge in [-0.15, -0.1) is 0 Å². The summed E-state index contributed by atoms with van der Waals surface area (Å²) in [6.07, 6.45) is 1.51. The molecule has 1 N–H and O–H groups in total. The third-order valence-electron chi connectivity index (χ3n) is 6.98. The summed E-state index contributed by atoms with van der Waals surface area (Å²) >= 11 is 0. The molecule has 5 atom stereocenters. The SMILES string of the molecule is O=C1OC(=O)C2C3CC(CC3P3(=O)c4ccccc4Nc4ccccc43)C12. The molecule has 0 radical (unpaired) electrons. The van der Waals surface area contributed by atoms with Gasteiger partial charge in [-0.3, -0.25) is 9.59 Å². The van der Waals surface area contributed by atoms with Gasteiger partial charge in [-0.05, 0) is 48.9 Å². The second kappa shape index (κ2) is 5.11. The number of carbonyl (C=O) groups excluding carboxylic acids is 2. The highest BCUT2D eigenvalue weighted by Gasteiger charge is 2.66. The molecule has 2 aliphatic carbocycles.